The van der Waals surface area contributed by atoms with Gasteiger partial charge in [0.1, 0.15) is 11.9 Å². The summed E-state index contributed by atoms with van der Waals surface area (Å²) in [6.45, 7) is 4.00. The number of β-lactam (4-membered cyclic amide) rings is 1. The lowest BCUT2D eigenvalue weighted by atomic mass is 9.87. The normalized spacial score (nSPS) is 24.3. The molecule has 2 atom stereocenters. The molecule has 2 aliphatic rings. The van der Waals surface area contributed by atoms with Gasteiger partial charge in [-0.2, -0.15) is 0 Å². The quantitative estimate of drug-likeness (QED) is 0.590. The topological polar surface area (TPSA) is 49.9 Å². The summed E-state index contributed by atoms with van der Waals surface area (Å²) in [5.74, 6) is 0.331. The molecule has 1 aromatic carbocycles. The monoisotopic (exact) mass is 338 g/mol. The van der Waals surface area contributed by atoms with Crippen LogP contribution in [0.4, 0.5) is 9.18 Å². The van der Waals surface area contributed by atoms with Crippen molar-refractivity contribution in [2.45, 2.75) is 19.0 Å². The Bertz CT molecular complexity index is 595. The van der Waals surface area contributed by atoms with Crippen molar-refractivity contribution in [3.63, 3.8) is 0 Å². The van der Waals surface area contributed by atoms with Crippen molar-refractivity contribution in [2.75, 3.05) is 32.1 Å². The predicted molar refractivity (Wildman–Crippen MR) is 85.7 cm³/mol. The zero-order chi connectivity index (χ0) is 16.4. The number of carbonyl (C=O) groups is 2. The van der Waals surface area contributed by atoms with Crippen LogP contribution in [-0.4, -0.2) is 59.0 Å². The molecule has 0 aliphatic carbocycles. The van der Waals surface area contributed by atoms with E-state index in [1.165, 1.54) is 23.9 Å². The van der Waals surface area contributed by atoms with Gasteiger partial charge < -0.3 is 14.5 Å². The average Bonchev–Trinajstić information content (AvgIpc) is 2.95. The van der Waals surface area contributed by atoms with E-state index in [0.29, 0.717) is 32.1 Å². The van der Waals surface area contributed by atoms with Crippen LogP contribution in [-0.2, 0) is 9.53 Å². The number of likely N-dealkylation sites (tertiary alicyclic amines) is 1. The fourth-order valence-electron chi connectivity index (χ4n) is 3.07. The molecule has 2 fully saturated rings. The molecule has 5 nitrogen and oxygen atoms in total. The van der Waals surface area contributed by atoms with Gasteiger partial charge in [-0.25, -0.2) is 4.39 Å². The van der Waals surface area contributed by atoms with Gasteiger partial charge in [-0.3, -0.25) is 9.59 Å². The third-order valence-corrected chi connectivity index (χ3v) is 5.06. The first-order valence-electron chi connectivity index (χ1n) is 7.70. The number of hydrogen-bond donors (Lipinski definition) is 0. The highest BCUT2D eigenvalue weighted by atomic mass is 32.2. The Hall–Kier alpha value is -1.60. The Labute approximate surface area is 138 Å². The minimum atomic E-state index is -0.482. The van der Waals surface area contributed by atoms with Crippen LogP contribution in [0.3, 0.4) is 0 Å². The molecule has 0 unspecified atom stereocenters. The first-order valence-corrected chi connectivity index (χ1v) is 8.69. The van der Waals surface area contributed by atoms with E-state index in [2.05, 4.69) is 0 Å². The Morgan fingerprint density at radius 3 is 2.61 bits per heavy atom. The Morgan fingerprint density at radius 2 is 2.00 bits per heavy atom. The highest BCUT2D eigenvalue weighted by Gasteiger charge is 2.53. The standard InChI is InChI=1S/C16H19FN2O3S/c1-2-22-9-7-18-13(11-3-5-12(17)6-4-11)14(15(18)20)19-8-10-23-16(19)21/h3-6,13-14H,2,7-10H2,1H3/t13-,14+/m0/s1. The van der Waals surface area contributed by atoms with E-state index in [0.717, 1.165) is 5.56 Å². The maximum absolute atomic E-state index is 13.2. The molecule has 2 amide bonds. The summed E-state index contributed by atoms with van der Waals surface area (Å²) in [5.41, 5.74) is 0.845. The molecular formula is C16H19FN2O3S. The number of benzene rings is 1. The van der Waals surface area contributed by atoms with Crippen molar-refractivity contribution >= 4 is 22.9 Å². The van der Waals surface area contributed by atoms with Crippen LogP contribution in [0.15, 0.2) is 24.3 Å². The molecule has 0 radical (unpaired) electrons. The van der Waals surface area contributed by atoms with E-state index < -0.39 is 6.04 Å². The number of hydrogen-bond acceptors (Lipinski definition) is 4. The molecule has 0 N–H and O–H groups in total. The van der Waals surface area contributed by atoms with Crippen molar-refractivity contribution in [2.24, 2.45) is 0 Å². The molecule has 0 spiro atoms. The lowest BCUT2D eigenvalue weighted by Crippen LogP contribution is -2.66. The fourth-order valence-corrected chi connectivity index (χ4v) is 3.90. The van der Waals surface area contributed by atoms with Crippen LogP contribution in [0, 0.1) is 5.82 Å². The highest BCUT2D eigenvalue weighted by Crippen LogP contribution is 2.40. The van der Waals surface area contributed by atoms with Crippen LogP contribution >= 0.6 is 11.8 Å². The lowest BCUT2D eigenvalue weighted by Gasteiger charge is -2.50. The minimum absolute atomic E-state index is 0.0556. The maximum atomic E-state index is 13.2. The fraction of sp³-hybridized carbons (Fsp3) is 0.500. The molecule has 124 valence electrons. The number of carbonyl (C=O) groups excluding carboxylic acids is 2. The third-order valence-electron chi connectivity index (χ3n) is 4.19. The van der Waals surface area contributed by atoms with Crippen molar-refractivity contribution in [3.05, 3.63) is 35.6 Å². The molecule has 2 aliphatic heterocycles. The second-order valence-electron chi connectivity index (χ2n) is 5.48. The van der Waals surface area contributed by atoms with Crippen molar-refractivity contribution in [3.8, 4) is 0 Å². The van der Waals surface area contributed by atoms with E-state index in [1.807, 2.05) is 6.92 Å². The van der Waals surface area contributed by atoms with Crippen LogP contribution in [0.2, 0.25) is 0 Å². The molecular weight excluding hydrogens is 319 g/mol. The average molecular weight is 338 g/mol. The summed E-state index contributed by atoms with van der Waals surface area (Å²) in [6, 6.07) is 5.42. The molecule has 7 heteroatoms. The van der Waals surface area contributed by atoms with Crippen molar-refractivity contribution in [1.29, 1.82) is 0 Å². The Kier molecular flexibility index (Phi) is 4.87. The summed E-state index contributed by atoms with van der Waals surface area (Å²) in [5, 5.41) is -0.0556. The smallest absolute Gasteiger partial charge is 0.282 e. The molecule has 2 saturated heterocycles. The number of thioether (sulfide) groups is 1. The van der Waals surface area contributed by atoms with Gasteiger partial charge in [0.15, 0.2) is 0 Å². The number of rotatable bonds is 6. The number of ether oxygens (including phenoxy) is 1. The second-order valence-corrected chi connectivity index (χ2v) is 6.52. The van der Waals surface area contributed by atoms with E-state index in [-0.39, 0.29) is 23.0 Å². The van der Waals surface area contributed by atoms with Gasteiger partial charge in [-0.1, -0.05) is 23.9 Å². The molecule has 0 aromatic heterocycles. The summed E-state index contributed by atoms with van der Waals surface area (Å²) in [4.78, 5) is 27.9. The maximum Gasteiger partial charge on any atom is 0.282 e. The van der Waals surface area contributed by atoms with Gasteiger partial charge in [0.05, 0.1) is 12.6 Å². The minimum Gasteiger partial charge on any atom is -0.380 e. The number of amides is 2. The highest BCUT2D eigenvalue weighted by molar-refractivity contribution is 8.13. The van der Waals surface area contributed by atoms with E-state index in [1.54, 1.807) is 21.9 Å². The van der Waals surface area contributed by atoms with Crippen LogP contribution in [0.5, 0.6) is 0 Å². The SMILES string of the molecule is CCOCCN1C(=O)[C@H](N2CCSC2=O)[C@@H]1c1ccc(F)cc1. The molecule has 23 heavy (non-hydrogen) atoms. The van der Waals surface area contributed by atoms with Gasteiger partial charge in [0, 0.05) is 25.4 Å². The van der Waals surface area contributed by atoms with Crippen molar-refractivity contribution < 1.29 is 18.7 Å². The third kappa shape index (κ3) is 3.07. The van der Waals surface area contributed by atoms with Crippen LogP contribution < -0.4 is 0 Å². The van der Waals surface area contributed by atoms with Crippen LogP contribution in [0.25, 0.3) is 0 Å². The first-order chi connectivity index (χ1) is 11.1. The second kappa shape index (κ2) is 6.88. The van der Waals surface area contributed by atoms with E-state index in [4.69, 9.17) is 4.74 Å². The van der Waals surface area contributed by atoms with Gasteiger partial charge in [0.25, 0.3) is 5.24 Å². The van der Waals surface area contributed by atoms with Crippen LogP contribution in [0.1, 0.15) is 18.5 Å². The Balaban J connectivity index is 1.82. The molecule has 0 bridgehead atoms. The van der Waals surface area contributed by atoms with Gasteiger partial charge >= 0.3 is 0 Å². The number of nitrogens with zero attached hydrogens (tertiary/aromatic N) is 2. The summed E-state index contributed by atoms with van der Waals surface area (Å²) >= 11 is 1.24. The summed E-state index contributed by atoms with van der Waals surface area (Å²) in [6.07, 6.45) is 0. The van der Waals surface area contributed by atoms with Gasteiger partial charge in [-0.05, 0) is 24.6 Å². The molecule has 1 aromatic rings. The predicted octanol–water partition coefficient (Wildman–Crippen LogP) is 2.28. The summed E-state index contributed by atoms with van der Waals surface area (Å²) in [7, 11) is 0. The largest absolute Gasteiger partial charge is 0.380 e. The van der Waals surface area contributed by atoms with Gasteiger partial charge in [-0.15, -0.1) is 0 Å². The van der Waals surface area contributed by atoms with Crippen molar-refractivity contribution in [1.82, 2.24) is 9.80 Å². The molecule has 0 saturated carbocycles. The van der Waals surface area contributed by atoms with E-state index >= 15 is 0 Å². The van der Waals surface area contributed by atoms with Gasteiger partial charge in [0.2, 0.25) is 5.91 Å². The zero-order valence-electron chi connectivity index (χ0n) is 12.9. The van der Waals surface area contributed by atoms with E-state index in [9.17, 15) is 14.0 Å². The Morgan fingerprint density at radius 1 is 1.26 bits per heavy atom. The molecule has 2 heterocycles. The lowest BCUT2D eigenvalue weighted by molar-refractivity contribution is -0.158. The molecule has 3 rings (SSSR count). The first kappa shape index (κ1) is 16.3. The summed E-state index contributed by atoms with van der Waals surface area (Å²) < 4.78 is 18.5. The number of halogens is 1. The zero-order valence-corrected chi connectivity index (χ0v) is 13.7.